The maximum Gasteiger partial charge on any atom is 0.417 e. The lowest BCUT2D eigenvalue weighted by molar-refractivity contribution is -0.138. The van der Waals surface area contributed by atoms with E-state index in [2.05, 4.69) is 15.9 Å². The average Bonchev–Trinajstić information content (AvgIpc) is 3.10. The predicted octanol–water partition coefficient (Wildman–Crippen LogP) is 3.95. The third-order valence-electron chi connectivity index (χ3n) is 3.09. The molecule has 0 saturated heterocycles. The van der Waals surface area contributed by atoms with E-state index in [1.807, 2.05) is 0 Å². The van der Waals surface area contributed by atoms with Crippen LogP contribution in [0.2, 0.25) is 0 Å². The van der Waals surface area contributed by atoms with Crippen LogP contribution in [0.15, 0.2) is 22.7 Å². The zero-order valence-electron chi connectivity index (χ0n) is 10.3. The van der Waals surface area contributed by atoms with Crippen LogP contribution in [0.4, 0.5) is 13.2 Å². The Morgan fingerprint density at radius 1 is 1.42 bits per heavy atom. The number of nitrogens with zero attached hydrogens (tertiary/aromatic N) is 1. The predicted molar refractivity (Wildman–Crippen MR) is 68.8 cm³/mol. The number of rotatable bonds is 3. The molecular formula is C13H13BrF3NO. The maximum atomic E-state index is 12.9. The molecule has 0 N–H and O–H groups in total. The smallest absolute Gasteiger partial charge is 0.341 e. The molecule has 1 amide bonds. The van der Waals surface area contributed by atoms with Crippen molar-refractivity contribution in [3.63, 3.8) is 0 Å². The number of carbonyl (C=O) groups excluding carboxylic acids is 1. The number of carbonyl (C=O) groups is 1. The molecule has 1 aliphatic carbocycles. The molecule has 0 spiro atoms. The number of alkyl halides is 3. The summed E-state index contributed by atoms with van der Waals surface area (Å²) in [5, 5.41) is 0. The van der Waals surface area contributed by atoms with Crippen LogP contribution >= 0.6 is 15.9 Å². The van der Waals surface area contributed by atoms with Gasteiger partial charge in [0.05, 0.1) is 11.1 Å². The molecule has 2 rings (SSSR count). The van der Waals surface area contributed by atoms with E-state index in [0.29, 0.717) is 16.9 Å². The fraction of sp³-hybridized carbons (Fsp3) is 0.462. The van der Waals surface area contributed by atoms with Crippen molar-refractivity contribution in [1.82, 2.24) is 4.90 Å². The van der Waals surface area contributed by atoms with Gasteiger partial charge >= 0.3 is 6.18 Å². The van der Waals surface area contributed by atoms with E-state index in [9.17, 15) is 18.0 Å². The second-order valence-corrected chi connectivity index (χ2v) is 5.73. The van der Waals surface area contributed by atoms with Crippen LogP contribution in [0.1, 0.15) is 28.8 Å². The van der Waals surface area contributed by atoms with Gasteiger partial charge in [0.15, 0.2) is 0 Å². The van der Waals surface area contributed by atoms with Gasteiger partial charge < -0.3 is 4.90 Å². The van der Waals surface area contributed by atoms with Crippen molar-refractivity contribution in [3.05, 3.63) is 33.8 Å². The van der Waals surface area contributed by atoms with Gasteiger partial charge in [0.2, 0.25) is 0 Å². The molecule has 0 unspecified atom stereocenters. The number of benzene rings is 1. The monoisotopic (exact) mass is 335 g/mol. The van der Waals surface area contributed by atoms with Gasteiger partial charge in [0.1, 0.15) is 0 Å². The minimum Gasteiger partial charge on any atom is -0.341 e. The molecule has 6 heteroatoms. The van der Waals surface area contributed by atoms with Crippen LogP contribution in [-0.4, -0.2) is 24.4 Å². The highest BCUT2D eigenvalue weighted by molar-refractivity contribution is 9.10. The molecule has 104 valence electrons. The van der Waals surface area contributed by atoms with Crippen LogP contribution in [0.5, 0.6) is 0 Å². The second kappa shape index (κ2) is 5.15. The van der Waals surface area contributed by atoms with E-state index in [1.54, 1.807) is 7.05 Å². The van der Waals surface area contributed by atoms with Gasteiger partial charge in [0.25, 0.3) is 5.91 Å². The van der Waals surface area contributed by atoms with E-state index in [1.165, 1.54) is 17.0 Å². The summed E-state index contributed by atoms with van der Waals surface area (Å²) in [6, 6.07) is 3.62. The fourth-order valence-corrected chi connectivity index (χ4v) is 2.27. The maximum absolute atomic E-state index is 12.9. The Morgan fingerprint density at radius 2 is 2.05 bits per heavy atom. The van der Waals surface area contributed by atoms with E-state index in [4.69, 9.17) is 0 Å². The van der Waals surface area contributed by atoms with Crippen LogP contribution in [0.25, 0.3) is 0 Å². The van der Waals surface area contributed by atoms with Gasteiger partial charge in [0, 0.05) is 18.1 Å². The molecule has 0 aliphatic heterocycles. The summed E-state index contributed by atoms with van der Waals surface area (Å²) in [6.07, 6.45) is -2.44. The van der Waals surface area contributed by atoms with E-state index < -0.39 is 17.6 Å². The first kappa shape index (κ1) is 14.4. The topological polar surface area (TPSA) is 20.3 Å². The van der Waals surface area contributed by atoms with Gasteiger partial charge in [-0.1, -0.05) is 15.9 Å². The SMILES string of the molecule is CN(CC1CC1)C(=O)c1ccc(Br)cc1C(F)(F)F. The first-order valence-corrected chi connectivity index (χ1v) is 6.70. The number of hydrogen-bond acceptors (Lipinski definition) is 1. The summed E-state index contributed by atoms with van der Waals surface area (Å²) >= 11 is 3.00. The fourth-order valence-electron chi connectivity index (χ4n) is 1.91. The highest BCUT2D eigenvalue weighted by atomic mass is 79.9. The average molecular weight is 336 g/mol. The van der Waals surface area contributed by atoms with Gasteiger partial charge in [-0.05, 0) is 37.0 Å². The first-order chi connectivity index (χ1) is 8.79. The summed E-state index contributed by atoms with van der Waals surface area (Å²) in [4.78, 5) is 13.5. The van der Waals surface area contributed by atoms with Crippen molar-refractivity contribution in [2.24, 2.45) is 5.92 Å². The van der Waals surface area contributed by atoms with Gasteiger partial charge in [-0.2, -0.15) is 13.2 Å². The molecule has 2 nitrogen and oxygen atoms in total. The Morgan fingerprint density at radius 3 is 2.58 bits per heavy atom. The zero-order chi connectivity index (χ0) is 14.2. The molecule has 1 aliphatic rings. The van der Waals surface area contributed by atoms with Crippen molar-refractivity contribution in [1.29, 1.82) is 0 Å². The van der Waals surface area contributed by atoms with Gasteiger partial charge in [-0.3, -0.25) is 4.79 Å². The third kappa shape index (κ3) is 3.49. The molecule has 0 radical (unpaired) electrons. The second-order valence-electron chi connectivity index (χ2n) is 4.82. The summed E-state index contributed by atoms with van der Waals surface area (Å²) < 4.78 is 39.1. The highest BCUT2D eigenvalue weighted by Crippen LogP contribution is 2.35. The third-order valence-corrected chi connectivity index (χ3v) is 3.59. The standard InChI is InChI=1S/C13H13BrF3NO/c1-18(7-8-2-3-8)12(19)10-5-4-9(14)6-11(10)13(15,16)17/h4-6,8H,2-3,7H2,1H3. The molecule has 19 heavy (non-hydrogen) atoms. The lowest BCUT2D eigenvalue weighted by Gasteiger charge is -2.20. The van der Waals surface area contributed by atoms with E-state index >= 15 is 0 Å². The molecule has 1 saturated carbocycles. The van der Waals surface area contributed by atoms with Crippen molar-refractivity contribution in [3.8, 4) is 0 Å². The normalized spacial score (nSPS) is 15.4. The Bertz CT molecular complexity index is 497. The van der Waals surface area contributed by atoms with Crippen molar-refractivity contribution in [2.45, 2.75) is 19.0 Å². The Labute approximate surface area is 117 Å². The van der Waals surface area contributed by atoms with Crippen LogP contribution in [0, 0.1) is 5.92 Å². The van der Waals surface area contributed by atoms with E-state index in [0.717, 1.165) is 18.9 Å². The number of halogens is 4. The van der Waals surface area contributed by atoms with Crippen LogP contribution < -0.4 is 0 Å². The highest BCUT2D eigenvalue weighted by Gasteiger charge is 2.36. The minimum absolute atomic E-state index is 0.293. The summed E-state index contributed by atoms with van der Waals surface area (Å²) in [6.45, 7) is 0.520. The molecular weight excluding hydrogens is 323 g/mol. The van der Waals surface area contributed by atoms with Gasteiger partial charge in [-0.15, -0.1) is 0 Å². The first-order valence-electron chi connectivity index (χ1n) is 5.91. The lowest BCUT2D eigenvalue weighted by atomic mass is 10.1. The van der Waals surface area contributed by atoms with Crippen molar-refractivity contribution < 1.29 is 18.0 Å². The zero-order valence-corrected chi connectivity index (χ0v) is 11.9. The quantitative estimate of drug-likeness (QED) is 0.819. The van der Waals surface area contributed by atoms with Crippen LogP contribution in [-0.2, 0) is 6.18 Å². The van der Waals surface area contributed by atoms with Gasteiger partial charge in [-0.25, -0.2) is 0 Å². The van der Waals surface area contributed by atoms with Crippen LogP contribution in [0.3, 0.4) is 0 Å². The van der Waals surface area contributed by atoms with E-state index in [-0.39, 0.29) is 5.56 Å². The minimum atomic E-state index is -4.53. The molecule has 0 aromatic heterocycles. The molecule has 0 bridgehead atoms. The summed E-state index contributed by atoms with van der Waals surface area (Å²) in [5.74, 6) is -0.134. The molecule has 1 aromatic rings. The van der Waals surface area contributed by atoms with Crippen molar-refractivity contribution >= 4 is 21.8 Å². The Kier molecular flexibility index (Phi) is 3.90. The number of amides is 1. The molecule has 0 atom stereocenters. The van der Waals surface area contributed by atoms with Crippen molar-refractivity contribution in [2.75, 3.05) is 13.6 Å². The lowest BCUT2D eigenvalue weighted by Crippen LogP contribution is -2.30. The molecule has 0 heterocycles. The molecule has 1 fully saturated rings. The Hall–Kier alpha value is -1.04. The summed E-state index contributed by atoms with van der Waals surface area (Å²) in [7, 11) is 1.54. The number of hydrogen-bond donors (Lipinski definition) is 0. The largest absolute Gasteiger partial charge is 0.417 e. The molecule has 1 aromatic carbocycles. The Balaban J connectivity index is 2.29. The summed E-state index contributed by atoms with van der Waals surface area (Å²) in [5.41, 5.74) is -1.19.